The summed E-state index contributed by atoms with van der Waals surface area (Å²) in [7, 11) is 0. The molecular formula is C17H27BrN2O3. The SMILES string of the molecule is CCOc1cc(CN[C@H](C)C(C)(C)C)c(Br)cc1OCC(N)=O. The number of rotatable bonds is 8. The van der Waals surface area contributed by atoms with Gasteiger partial charge in [-0.05, 0) is 37.0 Å². The molecule has 0 spiro atoms. The van der Waals surface area contributed by atoms with Gasteiger partial charge >= 0.3 is 0 Å². The van der Waals surface area contributed by atoms with Gasteiger partial charge in [-0.15, -0.1) is 0 Å². The number of benzene rings is 1. The number of nitrogens with one attached hydrogen (secondary N) is 1. The van der Waals surface area contributed by atoms with Gasteiger partial charge in [0.2, 0.25) is 0 Å². The molecule has 0 saturated carbocycles. The molecule has 0 radical (unpaired) electrons. The normalized spacial score (nSPS) is 12.8. The largest absolute Gasteiger partial charge is 0.490 e. The Bertz CT molecular complexity index is 541. The van der Waals surface area contributed by atoms with Gasteiger partial charge in [-0.1, -0.05) is 36.7 Å². The molecule has 0 saturated heterocycles. The van der Waals surface area contributed by atoms with Crippen molar-refractivity contribution >= 4 is 21.8 Å². The first-order valence-corrected chi connectivity index (χ1v) is 8.54. The number of amides is 1. The van der Waals surface area contributed by atoms with E-state index in [-0.39, 0.29) is 12.0 Å². The number of ether oxygens (including phenoxy) is 2. The Balaban J connectivity index is 2.92. The molecule has 1 aromatic rings. The highest BCUT2D eigenvalue weighted by Gasteiger charge is 2.20. The summed E-state index contributed by atoms with van der Waals surface area (Å²) in [6.07, 6.45) is 0. The van der Waals surface area contributed by atoms with E-state index >= 15 is 0 Å². The molecule has 0 aromatic heterocycles. The third-order valence-corrected chi connectivity index (χ3v) is 4.42. The maximum absolute atomic E-state index is 10.9. The zero-order valence-electron chi connectivity index (χ0n) is 14.5. The molecule has 3 N–H and O–H groups in total. The zero-order valence-corrected chi connectivity index (χ0v) is 16.1. The van der Waals surface area contributed by atoms with Crippen molar-refractivity contribution < 1.29 is 14.3 Å². The molecule has 130 valence electrons. The Labute approximate surface area is 147 Å². The van der Waals surface area contributed by atoms with E-state index in [2.05, 4.69) is 48.9 Å². The quantitative estimate of drug-likeness (QED) is 0.718. The highest BCUT2D eigenvalue weighted by Crippen LogP contribution is 2.34. The molecule has 1 amide bonds. The summed E-state index contributed by atoms with van der Waals surface area (Å²) >= 11 is 3.55. The fourth-order valence-corrected chi connectivity index (χ4v) is 2.27. The van der Waals surface area contributed by atoms with Gasteiger partial charge < -0.3 is 20.5 Å². The molecule has 0 heterocycles. The molecule has 0 unspecified atom stereocenters. The van der Waals surface area contributed by atoms with Gasteiger partial charge in [0.05, 0.1) is 6.61 Å². The minimum Gasteiger partial charge on any atom is -0.490 e. The van der Waals surface area contributed by atoms with Gasteiger partial charge in [0.15, 0.2) is 18.1 Å². The van der Waals surface area contributed by atoms with Crippen LogP contribution in [0.25, 0.3) is 0 Å². The van der Waals surface area contributed by atoms with E-state index < -0.39 is 5.91 Å². The molecule has 0 bridgehead atoms. The first-order chi connectivity index (χ1) is 10.6. The highest BCUT2D eigenvalue weighted by atomic mass is 79.9. The fourth-order valence-electron chi connectivity index (χ4n) is 1.81. The molecule has 6 heteroatoms. The lowest BCUT2D eigenvalue weighted by atomic mass is 9.88. The first kappa shape index (κ1) is 19.8. The van der Waals surface area contributed by atoms with Crippen molar-refractivity contribution in [1.29, 1.82) is 0 Å². The van der Waals surface area contributed by atoms with Crippen LogP contribution in [0.4, 0.5) is 0 Å². The molecule has 1 aromatic carbocycles. The average molecular weight is 387 g/mol. The molecule has 0 aliphatic carbocycles. The van der Waals surface area contributed by atoms with E-state index in [0.29, 0.717) is 30.7 Å². The summed E-state index contributed by atoms with van der Waals surface area (Å²) < 4.78 is 11.9. The lowest BCUT2D eigenvalue weighted by molar-refractivity contribution is -0.119. The fraction of sp³-hybridized carbons (Fsp3) is 0.588. The second-order valence-corrected chi connectivity index (χ2v) is 7.40. The zero-order chi connectivity index (χ0) is 17.6. The van der Waals surface area contributed by atoms with Crippen LogP contribution in [0, 0.1) is 5.41 Å². The van der Waals surface area contributed by atoms with Crippen LogP contribution in [0.3, 0.4) is 0 Å². The minimum atomic E-state index is -0.520. The summed E-state index contributed by atoms with van der Waals surface area (Å²) in [6, 6.07) is 4.09. The van der Waals surface area contributed by atoms with Crippen molar-refractivity contribution in [3.05, 3.63) is 22.2 Å². The maximum Gasteiger partial charge on any atom is 0.255 e. The van der Waals surface area contributed by atoms with Gasteiger partial charge in [-0.3, -0.25) is 4.79 Å². The van der Waals surface area contributed by atoms with Crippen molar-refractivity contribution in [2.75, 3.05) is 13.2 Å². The van der Waals surface area contributed by atoms with Crippen LogP contribution >= 0.6 is 15.9 Å². The van der Waals surface area contributed by atoms with Gasteiger partial charge in [0, 0.05) is 17.1 Å². The van der Waals surface area contributed by atoms with E-state index in [9.17, 15) is 4.79 Å². The Kier molecular flexibility index (Phi) is 7.35. The van der Waals surface area contributed by atoms with Gasteiger partial charge in [-0.2, -0.15) is 0 Å². The number of hydrogen-bond acceptors (Lipinski definition) is 4. The predicted octanol–water partition coefficient (Wildman–Crippen LogP) is 3.24. The number of primary amides is 1. The summed E-state index contributed by atoms with van der Waals surface area (Å²) in [5.74, 6) is 0.593. The van der Waals surface area contributed by atoms with E-state index in [1.807, 2.05) is 19.1 Å². The van der Waals surface area contributed by atoms with Crippen LogP contribution in [0.1, 0.15) is 40.2 Å². The maximum atomic E-state index is 10.9. The lowest BCUT2D eigenvalue weighted by Crippen LogP contribution is -2.37. The van der Waals surface area contributed by atoms with Crippen LogP contribution in [-0.4, -0.2) is 25.2 Å². The van der Waals surface area contributed by atoms with E-state index in [0.717, 1.165) is 10.0 Å². The van der Waals surface area contributed by atoms with Crippen molar-refractivity contribution in [1.82, 2.24) is 5.32 Å². The third-order valence-electron chi connectivity index (χ3n) is 3.68. The van der Waals surface area contributed by atoms with E-state index in [1.54, 1.807) is 0 Å². The smallest absolute Gasteiger partial charge is 0.255 e. The van der Waals surface area contributed by atoms with Crippen LogP contribution in [0.15, 0.2) is 16.6 Å². The summed E-state index contributed by atoms with van der Waals surface area (Å²) in [4.78, 5) is 10.9. The monoisotopic (exact) mass is 386 g/mol. The molecule has 5 nitrogen and oxygen atoms in total. The van der Waals surface area contributed by atoms with E-state index in [1.165, 1.54) is 0 Å². The Morgan fingerprint density at radius 2 is 1.91 bits per heavy atom. The summed E-state index contributed by atoms with van der Waals surface area (Å²) in [5, 5.41) is 3.52. The molecule has 1 rings (SSSR count). The van der Waals surface area contributed by atoms with Crippen LogP contribution in [0.2, 0.25) is 0 Å². The van der Waals surface area contributed by atoms with E-state index in [4.69, 9.17) is 15.2 Å². The number of carbonyl (C=O) groups excluding carboxylic acids is 1. The van der Waals surface area contributed by atoms with Gasteiger partial charge in [-0.25, -0.2) is 0 Å². The molecule has 0 aliphatic rings. The number of carbonyl (C=O) groups is 1. The Hall–Kier alpha value is -1.27. The first-order valence-electron chi connectivity index (χ1n) is 7.74. The van der Waals surface area contributed by atoms with Gasteiger partial charge in [0.1, 0.15) is 0 Å². The van der Waals surface area contributed by atoms with Crippen LogP contribution < -0.4 is 20.5 Å². The average Bonchev–Trinajstić information content (AvgIpc) is 2.44. The predicted molar refractivity (Wildman–Crippen MR) is 95.8 cm³/mol. The number of nitrogens with two attached hydrogens (primary N) is 1. The van der Waals surface area contributed by atoms with Crippen molar-refractivity contribution in [3.63, 3.8) is 0 Å². The summed E-state index contributed by atoms with van der Waals surface area (Å²) in [6.45, 7) is 11.7. The molecule has 23 heavy (non-hydrogen) atoms. The van der Waals surface area contributed by atoms with Crippen molar-refractivity contribution in [2.24, 2.45) is 11.1 Å². The standard InChI is InChI=1S/C17H27BrN2O3/c1-6-22-14-7-12(9-20-11(2)17(3,4)5)13(18)8-15(14)23-10-16(19)21/h7-8,11,20H,6,9-10H2,1-5H3,(H2,19,21)/t11-/m1/s1. The van der Waals surface area contributed by atoms with Crippen molar-refractivity contribution in [2.45, 2.75) is 47.2 Å². The van der Waals surface area contributed by atoms with Crippen molar-refractivity contribution in [3.8, 4) is 11.5 Å². The second-order valence-electron chi connectivity index (χ2n) is 6.55. The second kappa shape index (κ2) is 8.55. The van der Waals surface area contributed by atoms with Crippen LogP contribution in [-0.2, 0) is 11.3 Å². The third kappa shape index (κ3) is 6.39. The topological polar surface area (TPSA) is 73.6 Å². The minimum absolute atomic E-state index is 0.175. The molecule has 0 fully saturated rings. The Morgan fingerprint density at radius 1 is 1.30 bits per heavy atom. The molecule has 1 atom stereocenters. The van der Waals surface area contributed by atoms with Gasteiger partial charge in [0.25, 0.3) is 5.91 Å². The number of hydrogen-bond donors (Lipinski definition) is 2. The number of halogens is 1. The molecular weight excluding hydrogens is 360 g/mol. The Morgan fingerprint density at radius 3 is 2.43 bits per heavy atom. The molecule has 0 aliphatic heterocycles. The van der Waals surface area contributed by atoms with Crippen LogP contribution in [0.5, 0.6) is 11.5 Å². The lowest BCUT2D eigenvalue weighted by Gasteiger charge is -2.28. The highest BCUT2D eigenvalue weighted by molar-refractivity contribution is 9.10. The summed E-state index contributed by atoms with van der Waals surface area (Å²) in [5.41, 5.74) is 6.37.